The van der Waals surface area contributed by atoms with Crippen LogP contribution in [0, 0.1) is 6.92 Å². The number of benzene rings is 1. The molecule has 2 fully saturated rings. The van der Waals surface area contributed by atoms with E-state index in [0.717, 1.165) is 62.3 Å². The summed E-state index contributed by atoms with van der Waals surface area (Å²) in [6.07, 6.45) is 4.00. The molecule has 1 aromatic carbocycles. The number of likely N-dealkylation sites (tertiary alicyclic amines) is 1. The molecule has 0 bridgehead atoms. The van der Waals surface area contributed by atoms with Crippen molar-refractivity contribution in [3.63, 3.8) is 0 Å². The van der Waals surface area contributed by atoms with E-state index in [2.05, 4.69) is 21.7 Å². The molecule has 2 aliphatic heterocycles. The number of piperidine rings is 1. The van der Waals surface area contributed by atoms with Crippen molar-refractivity contribution in [3.8, 4) is 5.75 Å². The lowest BCUT2D eigenvalue weighted by molar-refractivity contribution is 0.0728. The Kier molecular flexibility index (Phi) is 6.57. The quantitative estimate of drug-likeness (QED) is 0.846. The van der Waals surface area contributed by atoms with Gasteiger partial charge in [0.2, 0.25) is 0 Å². The van der Waals surface area contributed by atoms with Gasteiger partial charge in [-0.3, -0.25) is 4.79 Å². The van der Waals surface area contributed by atoms with Gasteiger partial charge in [-0.1, -0.05) is 17.3 Å². The molecule has 0 aliphatic carbocycles. The zero-order valence-electron chi connectivity index (χ0n) is 16.4. The predicted molar refractivity (Wildman–Crippen MR) is 109 cm³/mol. The van der Waals surface area contributed by atoms with Crippen LogP contribution in [0.25, 0.3) is 0 Å². The van der Waals surface area contributed by atoms with Gasteiger partial charge in [0.25, 0.3) is 5.91 Å². The average molecular weight is 406 g/mol. The van der Waals surface area contributed by atoms with Gasteiger partial charge in [0, 0.05) is 6.54 Å². The molecular weight excluding hydrogens is 378 g/mol. The number of halogens is 1. The van der Waals surface area contributed by atoms with Crippen LogP contribution in [0.1, 0.15) is 59.5 Å². The smallest absolute Gasteiger partial charge is 0.276 e. The van der Waals surface area contributed by atoms with Gasteiger partial charge in [-0.15, -0.1) is 17.5 Å². The van der Waals surface area contributed by atoms with E-state index >= 15 is 0 Å². The van der Waals surface area contributed by atoms with Crippen LogP contribution >= 0.6 is 12.4 Å². The van der Waals surface area contributed by atoms with Crippen LogP contribution in [0.3, 0.4) is 0 Å². The highest BCUT2D eigenvalue weighted by atomic mass is 35.5. The van der Waals surface area contributed by atoms with Crippen LogP contribution in [0.5, 0.6) is 5.75 Å². The molecule has 7 nitrogen and oxygen atoms in total. The number of hydrogen-bond donors (Lipinski definition) is 1. The summed E-state index contributed by atoms with van der Waals surface area (Å²) >= 11 is 0. The van der Waals surface area contributed by atoms with E-state index in [1.54, 1.807) is 7.11 Å². The number of hydrogen-bond acceptors (Lipinski definition) is 5. The Bertz CT molecular complexity index is 819. The summed E-state index contributed by atoms with van der Waals surface area (Å²) in [5.74, 6) is 0.804. The molecule has 2 aromatic rings. The standard InChI is InChI=1S/C20H27N5O2.ClH/c1-14-19(22-23-25(14)16-8-10-21-11-9-16)20(26)24-12-4-7-18(24)15-5-3-6-17(13-15)27-2;/h3,5-6,13,16,18,21H,4,7-12H2,1-2H3;1H. The summed E-state index contributed by atoms with van der Waals surface area (Å²) in [4.78, 5) is 15.2. The molecule has 2 saturated heterocycles. The van der Waals surface area contributed by atoms with Gasteiger partial charge >= 0.3 is 0 Å². The first kappa shape index (κ1) is 20.6. The highest BCUT2D eigenvalue weighted by molar-refractivity contribution is 5.93. The summed E-state index contributed by atoms with van der Waals surface area (Å²) in [7, 11) is 1.67. The Morgan fingerprint density at radius 2 is 2.04 bits per heavy atom. The average Bonchev–Trinajstić information content (AvgIpc) is 3.35. The summed E-state index contributed by atoms with van der Waals surface area (Å²) < 4.78 is 7.30. The molecule has 1 unspecified atom stereocenters. The molecule has 152 valence electrons. The number of nitrogens with one attached hydrogen (secondary N) is 1. The number of amides is 1. The van der Waals surface area contributed by atoms with Crippen LogP contribution < -0.4 is 10.1 Å². The van der Waals surface area contributed by atoms with Crippen molar-refractivity contribution < 1.29 is 9.53 Å². The third kappa shape index (κ3) is 3.86. The topological polar surface area (TPSA) is 72.3 Å². The van der Waals surface area contributed by atoms with E-state index in [1.807, 2.05) is 34.7 Å². The van der Waals surface area contributed by atoms with E-state index in [0.29, 0.717) is 11.7 Å². The maximum Gasteiger partial charge on any atom is 0.276 e. The van der Waals surface area contributed by atoms with Crippen molar-refractivity contribution in [1.82, 2.24) is 25.2 Å². The van der Waals surface area contributed by atoms with E-state index in [4.69, 9.17) is 4.74 Å². The Morgan fingerprint density at radius 3 is 2.79 bits per heavy atom. The van der Waals surface area contributed by atoms with Crippen LogP contribution in [0.4, 0.5) is 0 Å². The molecule has 8 heteroatoms. The van der Waals surface area contributed by atoms with Crippen LogP contribution in [0.15, 0.2) is 24.3 Å². The molecule has 1 amide bonds. The van der Waals surface area contributed by atoms with Crippen LogP contribution in [0.2, 0.25) is 0 Å². The van der Waals surface area contributed by atoms with Gasteiger partial charge in [0.05, 0.1) is 24.9 Å². The maximum atomic E-state index is 13.3. The summed E-state index contributed by atoms with van der Waals surface area (Å²) in [5.41, 5.74) is 2.48. The number of carbonyl (C=O) groups is 1. The molecule has 1 N–H and O–H groups in total. The summed E-state index contributed by atoms with van der Waals surface area (Å²) in [6.45, 7) is 4.68. The Labute approximate surface area is 171 Å². The normalized spacial score (nSPS) is 20.1. The third-order valence-electron chi connectivity index (χ3n) is 5.78. The minimum Gasteiger partial charge on any atom is -0.497 e. The van der Waals surface area contributed by atoms with Gasteiger partial charge in [-0.05, 0) is 63.4 Å². The Balaban J connectivity index is 0.00000225. The lowest BCUT2D eigenvalue weighted by Gasteiger charge is -2.25. The minimum atomic E-state index is -0.0157. The van der Waals surface area contributed by atoms with Crippen molar-refractivity contribution in [1.29, 1.82) is 0 Å². The van der Waals surface area contributed by atoms with E-state index in [1.165, 1.54) is 0 Å². The number of carbonyl (C=O) groups excluding carboxylic acids is 1. The molecule has 28 heavy (non-hydrogen) atoms. The van der Waals surface area contributed by atoms with E-state index < -0.39 is 0 Å². The lowest BCUT2D eigenvalue weighted by atomic mass is 10.0. The molecule has 0 saturated carbocycles. The highest BCUT2D eigenvalue weighted by Crippen LogP contribution is 2.34. The zero-order chi connectivity index (χ0) is 18.8. The van der Waals surface area contributed by atoms with Gasteiger partial charge in [0.15, 0.2) is 5.69 Å². The van der Waals surface area contributed by atoms with Crippen molar-refractivity contribution >= 4 is 18.3 Å². The highest BCUT2D eigenvalue weighted by Gasteiger charge is 2.34. The molecule has 2 aliphatic rings. The monoisotopic (exact) mass is 405 g/mol. The summed E-state index contributed by atoms with van der Waals surface area (Å²) in [6, 6.07) is 8.39. The van der Waals surface area contributed by atoms with Gasteiger partial charge in [0.1, 0.15) is 5.75 Å². The minimum absolute atomic E-state index is 0. The predicted octanol–water partition coefficient (Wildman–Crippen LogP) is 2.92. The maximum absolute atomic E-state index is 13.3. The number of aromatic nitrogens is 3. The van der Waals surface area contributed by atoms with Crippen molar-refractivity contribution in [2.24, 2.45) is 0 Å². The first-order chi connectivity index (χ1) is 13.2. The molecule has 1 aromatic heterocycles. The largest absolute Gasteiger partial charge is 0.497 e. The number of nitrogens with zero attached hydrogens (tertiary/aromatic N) is 4. The second-order valence-electron chi connectivity index (χ2n) is 7.38. The summed E-state index contributed by atoms with van der Waals surface area (Å²) in [5, 5.41) is 12.0. The fourth-order valence-electron chi connectivity index (χ4n) is 4.28. The molecule has 1 atom stereocenters. The Morgan fingerprint density at radius 1 is 1.25 bits per heavy atom. The molecular formula is C20H28ClN5O2. The lowest BCUT2D eigenvalue weighted by Crippen LogP contribution is -2.32. The third-order valence-corrected chi connectivity index (χ3v) is 5.78. The second-order valence-corrected chi connectivity index (χ2v) is 7.38. The zero-order valence-corrected chi connectivity index (χ0v) is 17.2. The SMILES string of the molecule is COc1cccc(C2CCCN2C(=O)c2nnn(C3CCNCC3)c2C)c1.Cl. The molecule has 0 spiro atoms. The number of rotatable bonds is 4. The first-order valence-electron chi connectivity index (χ1n) is 9.76. The van der Waals surface area contributed by atoms with Gasteiger partial charge in [-0.25, -0.2) is 4.68 Å². The van der Waals surface area contributed by atoms with Gasteiger partial charge in [-0.2, -0.15) is 0 Å². The van der Waals surface area contributed by atoms with Crippen molar-refractivity contribution in [2.75, 3.05) is 26.7 Å². The van der Waals surface area contributed by atoms with Crippen LogP contribution in [-0.2, 0) is 0 Å². The first-order valence-corrected chi connectivity index (χ1v) is 9.76. The van der Waals surface area contributed by atoms with E-state index in [9.17, 15) is 4.79 Å². The fourth-order valence-corrected chi connectivity index (χ4v) is 4.28. The molecule has 3 heterocycles. The van der Waals surface area contributed by atoms with Gasteiger partial charge < -0.3 is 15.0 Å². The van der Waals surface area contributed by atoms with Crippen LogP contribution in [-0.4, -0.2) is 52.5 Å². The van der Waals surface area contributed by atoms with Crippen molar-refractivity contribution in [2.45, 2.75) is 44.7 Å². The fraction of sp³-hybridized carbons (Fsp3) is 0.550. The van der Waals surface area contributed by atoms with Crippen molar-refractivity contribution in [3.05, 3.63) is 41.2 Å². The molecule has 4 rings (SSSR count). The molecule has 0 radical (unpaired) electrons. The van der Waals surface area contributed by atoms with E-state index in [-0.39, 0.29) is 24.4 Å². The number of methoxy groups -OCH3 is 1. The number of ether oxygens (including phenoxy) is 1. The Hall–Kier alpha value is -2.12. The second kappa shape index (κ2) is 8.92.